The fourth-order valence-corrected chi connectivity index (χ4v) is 11.9. The molecule has 0 fully saturated rings. The van der Waals surface area contributed by atoms with Gasteiger partial charge >= 0.3 is 0 Å². The fraction of sp³-hybridized carbons (Fsp3) is 0.957. The molecule has 0 aliphatic carbocycles. The summed E-state index contributed by atoms with van der Waals surface area (Å²) in [5.74, 6) is -0.187. The molecule has 0 bridgehead atoms. The Kier molecular flexibility index (Phi) is 61.2. The minimum Gasteiger partial charge on any atom is -0.756 e. The number of unbranched alkanes of at least 4 members (excludes halogenated alkanes) is 54. The van der Waals surface area contributed by atoms with E-state index in [9.17, 15) is 19.4 Å². The second-order valence-corrected chi connectivity index (χ2v) is 27.4. The van der Waals surface area contributed by atoms with Crippen molar-refractivity contribution in [1.82, 2.24) is 5.32 Å². The van der Waals surface area contributed by atoms with Crippen LogP contribution in [-0.2, 0) is 18.4 Å². The predicted octanol–water partition coefficient (Wildman–Crippen LogP) is 21.9. The van der Waals surface area contributed by atoms with Gasteiger partial charge in [0.25, 0.3) is 7.82 Å². The molecular formula is C70H141N2O6P. The summed E-state index contributed by atoms with van der Waals surface area (Å²) in [5, 5.41) is 14.0. The van der Waals surface area contributed by atoms with Crippen LogP contribution in [0, 0.1) is 0 Å². The third-order valence-electron chi connectivity index (χ3n) is 16.7. The van der Waals surface area contributed by atoms with Gasteiger partial charge in [-0.3, -0.25) is 9.36 Å². The van der Waals surface area contributed by atoms with Gasteiger partial charge in [0.15, 0.2) is 0 Å². The molecule has 1 amide bonds. The Labute approximate surface area is 494 Å². The summed E-state index contributed by atoms with van der Waals surface area (Å²) in [6.45, 7) is 4.72. The Balaban J connectivity index is 4.01. The maximum atomic E-state index is 13.0. The van der Waals surface area contributed by atoms with E-state index in [1.807, 2.05) is 27.2 Å². The number of nitrogens with one attached hydrogen (secondary N) is 1. The molecule has 0 heterocycles. The molecule has 8 nitrogen and oxygen atoms in total. The van der Waals surface area contributed by atoms with Crippen molar-refractivity contribution < 1.29 is 32.9 Å². The second-order valence-electron chi connectivity index (χ2n) is 26.0. The van der Waals surface area contributed by atoms with E-state index < -0.39 is 20.0 Å². The highest BCUT2D eigenvalue weighted by Gasteiger charge is 2.23. The number of aliphatic hydroxyl groups excluding tert-OH is 1. The number of amides is 1. The minimum atomic E-state index is -4.60. The van der Waals surface area contributed by atoms with Crippen LogP contribution in [0.3, 0.4) is 0 Å². The molecule has 3 atom stereocenters. The molecule has 0 aromatic carbocycles. The van der Waals surface area contributed by atoms with Crippen molar-refractivity contribution in [2.45, 2.75) is 392 Å². The molecule has 79 heavy (non-hydrogen) atoms. The van der Waals surface area contributed by atoms with Crippen molar-refractivity contribution in [3.8, 4) is 0 Å². The number of hydrogen-bond acceptors (Lipinski definition) is 6. The van der Waals surface area contributed by atoms with Gasteiger partial charge in [0, 0.05) is 6.42 Å². The summed E-state index contributed by atoms with van der Waals surface area (Å²) in [4.78, 5) is 25.6. The van der Waals surface area contributed by atoms with Crippen LogP contribution >= 0.6 is 7.82 Å². The zero-order chi connectivity index (χ0) is 57.7. The molecule has 0 radical (unpaired) electrons. The molecule has 0 saturated carbocycles. The number of allylic oxidation sites excluding steroid dienone is 1. The van der Waals surface area contributed by atoms with Gasteiger partial charge in [-0.15, -0.1) is 0 Å². The summed E-state index contributed by atoms with van der Waals surface area (Å²) in [6.07, 6.45) is 79.1. The van der Waals surface area contributed by atoms with Gasteiger partial charge in [-0.2, -0.15) is 0 Å². The van der Waals surface area contributed by atoms with Crippen LogP contribution < -0.4 is 10.2 Å². The van der Waals surface area contributed by atoms with Gasteiger partial charge in [-0.05, 0) is 19.3 Å². The predicted molar refractivity (Wildman–Crippen MR) is 344 cm³/mol. The van der Waals surface area contributed by atoms with Gasteiger partial charge in [-0.25, -0.2) is 0 Å². The third-order valence-corrected chi connectivity index (χ3v) is 17.7. The van der Waals surface area contributed by atoms with Crippen molar-refractivity contribution >= 4 is 13.7 Å². The summed E-state index contributed by atoms with van der Waals surface area (Å²) in [5.41, 5.74) is 0. The van der Waals surface area contributed by atoms with Crippen molar-refractivity contribution in [1.29, 1.82) is 0 Å². The number of rotatable bonds is 67. The first-order valence-electron chi connectivity index (χ1n) is 35.6. The lowest BCUT2D eigenvalue weighted by Crippen LogP contribution is -2.45. The van der Waals surface area contributed by atoms with Gasteiger partial charge in [0.2, 0.25) is 5.91 Å². The van der Waals surface area contributed by atoms with Crippen LogP contribution in [0.5, 0.6) is 0 Å². The molecule has 0 aromatic rings. The van der Waals surface area contributed by atoms with Crippen LogP contribution in [0.15, 0.2) is 12.2 Å². The van der Waals surface area contributed by atoms with Gasteiger partial charge in [0.05, 0.1) is 39.9 Å². The standard InChI is InChI=1S/C70H141N2O6P/c1-6-8-10-12-14-16-18-20-22-24-26-28-30-32-33-34-35-36-37-38-40-41-43-45-47-49-51-53-55-57-59-61-63-69(73)68(67-78-79(75,76)77-66-65-72(3,4)5)71-70(74)64-62-60-58-56-54-52-50-48-46-44-42-39-31-29-27-25-23-21-19-17-15-13-11-9-7-2/h61,63,68-69,73H,6-60,62,64-67H2,1-5H3,(H-,71,74,75,76)/b63-61+. The van der Waals surface area contributed by atoms with E-state index in [1.54, 1.807) is 6.08 Å². The Hall–Kier alpha value is -0.760. The van der Waals surface area contributed by atoms with Crippen molar-refractivity contribution in [2.75, 3.05) is 40.9 Å². The number of likely N-dealkylation sites (N-methyl/N-ethyl adjacent to an activating group) is 1. The number of hydrogen-bond donors (Lipinski definition) is 2. The Morgan fingerprint density at radius 3 is 0.949 bits per heavy atom. The number of nitrogens with zero attached hydrogens (tertiary/aromatic N) is 1. The topological polar surface area (TPSA) is 108 Å². The van der Waals surface area contributed by atoms with Gasteiger partial charge in [0.1, 0.15) is 13.2 Å². The number of quaternary nitrogens is 1. The summed E-state index contributed by atoms with van der Waals surface area (Å²) < 4.78 is 23.5. The highest BCUT2D eigenvalue weighted by atomic mass is 31.2. The van der Waals surface area contributed by atoms with E-state index in [1.165, 1.54) is 321 Å². The van der Waals surface area contributed by atoms with E-state index in [0.717, 1.165) is 38.5 Å². The lowest BCUT2D eigenvalue weighted by Gasteiger charge is -2.29. The van der Waals surface area contributed by atoms with Crippen molar-refractivity contribution in [3.63, 3.8) is 0 Å². The number of aliphatic hydroxyl groups is 1. The smallest absolute Gasteiger partial charge is 0.268 e. The molecule has 9 heteroatoms. The van der Waals surface area contributed by atoms with Crippen molar-refractivity contribution in [3.05, 3.63) is 12.2 Å². The lowest BCUT2D eigenvalue weighted by atomic mass is 10.0. The molecule has 0 saturated heterocycles. The van der Waals surface area contributed by atoms with Crippen LogP contribution in [-0.4, -0.2) is 68.5 Å². The molecule has 0 aliphatic rings. The number of phosphoric acid groups is 1. The minimum absolute atomic E-state index is 0.00302. The molecular weight excluding hydrogens is 996 g/mol. The fourth-order valence-electron chi connectivity index (χ4n) is 11.2. The number of carbonyl (C=O) groups excluding carboxylic acids is 1. The Morgan fingerprint density at radius 2 is 0.684 bits per heavy atom. The maximum absolute atomic E-state index is 13.0. The van der Waals surface area contributed by atoms with Gasteiger partial charge < -0.3 is 28.8 Å². The zero-order valence-electron chi connectivity index (χ0n) is 54.1. The normalized spacial score (nSPS) is 13.7. The molecule has 0 rings (SSSR count). The van der Waals surface area contributed by atoms with E-state index in [4.69, 9.17) is 9.05 Å². The third kappa shape index (κ3) is 64.7. The van der Waals surface area contributed by atoms with Crippen LogP contribution in [0.2, 0.25) is 0 Å². The molecule has 0 spiro atoms. The largest absolute Gasteiger partial charge is 0.756 e. The van der Waals surface area contributed by atoms with Crippen LogP contribution in [0.25, 0.3) is 0 Å². The Bertz CT molecular complexity index is 1290. The van der Waals surface area contributed by atoms with Crippen LogP contribution in [0.4, 0.5) is 0 Å². The van der Waals surface area contributed by atoms with Crippen molar-refractivity contribution in [2.24, 2.45) is 0 Å². The molecule has 472 valence electrons. The first-order valence-corrected chi connectivity index (χ1v) is 37.0. The highest BCUT2D eigenvalue weighted by Crippen LogP contribution is 2.38. The van der Waals surface area contributed by atoms with E-state index >= 15 is 0 Å². The average Bonchev–Trinajstić information content (AvgIpc) is 3.42. The molecule has 0 aromatic heterocycles. The maximum Gasteiger partial charge on any atom is 0.268 e. The monoisotopic (exact) mass is 1140 g/mol. The van der Waals surface area contributed by atoms with E-state index in [2.05, 4.69) is 19.2 Å². The number of carbonyl (C=O) groups is 1. The van der Waals surface area contributed by atoms with E-state index in [0.29, 0.717) is 17.4 Å². The summed E-state index contributed by atoms with van der Waals surface area (Å²) in [7, 11) is 1.29. The Morgan fingerprint density at radius 1 is 0.430 bits per heavy atom. The SMILES string of the molecule is CCCCCCCCCCCCCCCCCCCCCCCCCCCCCCCC/C=C/C(O)C(COP(=O)([O-])OCC[N+](C)(C)C)NC(=O)CCCCCCCCCCCCCCCCCCCCCCCCCCC. The lowest BCUT2D eigenvalue weighted by molar-refractivity contribution is -0.870. The highest BCUT2D eigenvalue weighted by molar-refractivity contribution is 7.45. The number of phosphoric ester groups is 1. The van der Waals surface area contributed by atoms with Gasteiger partial charge in [-0.1, -0.05) is 366 Å². The molecule has 0 aliphatic heterocycles. The second kappa shape index (κ2) is 61.8. The van der Waals surface area contributed by atoms with Crippen LogP contribution in [0.1, 0.15) is 380 Å². The first-order chi connectivity index (χ1) is 38.5. The summed E-state index contributed by atoms with van der Waals surface area (Å²) >= 11 is 0. The summed E-state index contributed by atoms with van der Waals surface area (Å²) in [6, 6.07) is -0.884. The quantitative estimate of drug-likeness (QED) is 0.0272. The zero-order valence-corrected chi connectivity index (χ0v) is 55.0. The first kappa shape index (κ1) is 78.2. The molecule has 2 N–H and O–H groups in total. The average molecular weight is 1140 g/mol. The van der Waals surface area contributed by atoms with E-state index in [-0.39, 0.29) is 19.1 Å². The molecule has 3 unspecified atom stereocenters.